The van der Waals surface area contributed by atoms with E-state index >= 15 is 0 Å². The zero-order valence-corrected chi connectivity index (χ0v) is 14.3. The summed E-state index contributed by atoms with van der Waals surface area (Å²) >= 11 is 0. The van der Waals surface area contributed by atoms with Crippen LogP contribution >= 0.6 is 0 Å². The van der Waals surface area contributed by atoms with Crippen molar-refractivity contribution < 1.29 is 9.90 Å². The number of carboxylic acids is 1. The van der Waals surface area contributed by atoms with Gasteiger partial charge in [-0.1, -0.05) is 24.3 Å². The first-order valence-corrected chi connectivity index (χ1v) is 9.43. The van der Waals surface area contributed by atoms with Crippen LogP contribution in [-0.2, 0) is 11.3 Å². The summed E-state index contributed by atoms with van der Waals surface area (Å²) < 4.78 is 2.47. The van der Waals surface area contributed by atoms with Gasteiger partial charge in [0.15, 0.2) is 0 Å². The summed E-state index contributed by atoms with van der Waals surface area (Å²) in [6, 6.07) is 15.3. The van der Waals surface area contributed by atoms with Gasteiger partial charge in [-0.3, -0.25) is 4.79 Å². The smallest absolute Gasteiger partial charge is 0.303 e. The van der Waals surface area contributed by atoms with Gasteiger partial charge in [0.25, 0.3) is 0 Å². The van der Waals surface area contributed by atoms with E-state index in [4.69, 9.17) is 0 Å². The predicted octanol–water partition coefficient (Wildman–Crippen LogP) is 5.17. The van der Waals surface area contributed by atoms with Gasteiger partial charge in [0, 0.05) is 28.4 Å². The highest BCUT2D eigenvalue weighted by Gasteiger charge is 2.34. The van der Waals surface area contributed by atoms with Crippen molar-refractivity contribution in [3.8, 4) is 0 Å². The van der Waals surface area contributed by atoms with Crippen molar-refractivity contribution in [1.82, 2.24) is 4.57 Å². The van der Waals surface area contributed by atoms with Gasteiger partial charge in [0.2, 0.25) is 0 Å². The molecule has 0 saturated heterocycles. The third kappa shape index (κ3) is 2.72. The summed E-state index contributed by atoms with van der Waals surface area (Å²) in [6.07, 6.45) is 5.26. The molecule has 3 nitrogen and oxygen atoms in total. The van der Waals surface area contributed by atoms with Crippen molar-refractivity contribution in [2.45, 2.75) is 44.6 Å². The SMILES string of the molecule is O=C(O)CC(c1ccc2c(c1)c1ccccc1n2CC1CC1)C1CC1. The van der Waals surface area contributed by atoms with Crippen LogP contribution < -0.4 is 0 Å². The number of benzene rings is 2. The molecule has 3 heteroatoms. The Hall–Kier alpha value is -2.29. The molecule has 0 bridgehead atoms. The molecule has 0 aliphatic heterocycles. The van der Waals surface area contributed by atoms with Gasteiger partial charge in [0.05, 0.1) is 6.42 Å². The Morgan fingerprint density at radius 2 is 1.80 bits per heavy atom. The van der Waals surface area contributed by atoms with E-state index in [9.17, 15) is 9.90 Å². The van der Waals surface area contributed by atoms with E-state index in [-0.39, 0.29) is 12.3 Å². The minimum Gasteiger partial charge on any atom is -0.481 e. The molecule has 25 heavy (non-hydrogen) atoms. The Bertz CT molecular complexity index is 963. The van der Waals surface area contributed by atoms with Gasteiger partial charge in [0.1, 0.15) is 0 Å². The van der Waals surface area contributed by atoms with Crippen molar-refractivity contribution in [3.05, 3.63) is 48.0 Å². The van der Waals surface area contributed by atoms with Crippen LogP contribution in [0.2, 0.25) is 0 Å². The molecular weight excluding hydrogens is 310 g/mol. The topological polar surface area (TPSA) is 42.2 Å². The number of rotatable bonds is 6. The highest BCUT2D eigenvalue weighted by atomic mass is 16.4. The van der Waals surface area contributed by atoms with Crippen LogP contribution in [0.1, 0.15) is 43.6 Å². The minimum atomic E-state index is -0.687. The largest absolute Gasteiger partial charge is 0.481 e. The Morgan fingerprint density at radius 3 is 2.52 bits per heavy atom. The van der Waals surface area contributed by atoms with E-state index in [1.54, 1.807) is 0 Å². The van der Waals surface area contributed by atoms with Crippen LogP contribution in [0.5, 0.6) is 0 Å². The van der Waals surface area contributed by atoms with Gasteiger partial charge in [-0.05, 0) is 67.2 Å². The number of carbonyl (C=O) groups is 1. The van der Waals surface area contributed by atoms with E-state index in [1.807, 2.05) is 0 Å². The molecule has 2 aromatic carbocycles. The summed E-state index contributed by atoms with van der Waals surface area (Å²) in [5, 5.41) is 11.9. The highest BCUT2D eigenvalue weighted by Crippen LogP contribution is 2.45. The van der Waals surface area contributed by atoms with E-state index < -0.39 is 5.97 Å². The minimum absolute atomic E-state index is 0.160. The van der Waals surface area contributed by atoms with Gasteiger partial charge >= 0.3 is 5.97 Å². The van der Waals surface area contributed by atoms with Crippen molar-refractivity contribution in [1.29, 1.82) is 0 Å². The number of carboxylic acid groups (broad SMARTS) is 1. The maximum atomic E-state index is 11.3. The molecular formula is C22H23NO2. The molecule has 1 heterocycles. The first-order chi connectivity index (χ1) is 12.2. The Labute approximate surface area is 147 Å². The van der Waals surface area contributed by atoms with Crippen LogP contribution in [0.3, 0.4) is 0 Å². The highest BCUT2D eigenvalue weighted by molar-refractivity contribution is 6.08. The molecule has 0 amide bonds. The van der Waals surface area contributed by atoms with Gasteiger partial charge < -0.3 is 9.67 Å². The average molecular weight is 333 g/mol. The number of nitrogens with zero attached hydrogens (tertiary/aromatic N) is 1. The van der Waals surface area contributed by atoms with Crippen LogP contribution in [0.25, 0.3) is 21.8 Å². The second kappa shape index (κ2) is 5.62. The van der Waals surface area contributed by atoms with E-state index in [0.717, 1.165) is 12.5 Å². The number of para-hydroxylation sites is 1. The Balaban J connectivity index is 1.66. The lowest BCUT2D eigenvalue weighted by molar-refractivity contribution is -0.137. The zero-order valence-electron chi connectivity index (χ0n) is 14.3. The molecule has 128 valence electrons. The van der Waals surface area contributed by atoms with Crippen molar-refractivity contribution in [2.75, 3.05) is 0 Å². The fourth-order valence-corrected chi connectivity index (χ4v) is 4.30. The molecule has 2 fully saturated rings. The van der Waals surface area contributed by atoms with E-state index in [2.05, 4.69) is 47.0 Å². The molecule has 0 radical (unpaired) electrons. The Morgan fingerprint density at radius 1 is 1.04 bits per heavy atom. The number of hydrogen-bond acceptors (Lipinski definition) is 1. The maximum Gasteiger partial charge on any atom is 0.303 e. The normalized spacial score (nSPS) is 18.7. The second-order valence-electron chi connectivity index (χ2n) is 7.89. The van der Waals surface area contributed by atoms with Crippen LogP contribution in [0.4, 0.5) is 0 Å². The summed E-state index contributed by atoms with van der Waals surface area (Å²) in [5.41, 5.74) is 3.80. The third-order valence-electron chi connectivity index (χ3n) is 5.95. The summed E-state index contributed by atoms with van der Waals surface area (Å²) in [7, 11) is 0. The molecule has 1 N–H and O–H groups in total. The molecule has 2 aliphatic carbocycles. The first-order valence-electron chi connectivity index (χ1n) is 9.43. The molecule has 0 spiro atoms. The van der Waals surface area contributed by atoms with Crippen molar-refractivity contribution >= 4 is 27.8 Å². The molecule has 5 rings (SSSR count). The predicted molar refractivity (Wildman–Crippen MR) is 99.9 cm³/mol. The summed E-state index contributed by atoms with van der Waals surface area (Å²) in [4.78, 5) is 11.3. The standard InChI is InChI=1S/C22H23NO2/c24-22(25)12-18(15-7-8-15)16-9-10-21-19(11-16)17-3-1-2-4-20(17)23(21)13-14-5-6-14/h1-4,9-11,14-15,18H,5-8,12-13H2,(H,24,25). The molecule has 2 aliphatic rings. The van der Waals surface area contributed by atoms with Gasteiger partial charge in [-0.25, -0.2) is 0 Å². The fourth-order valence-electron chi connectivity index (χ4n) is 4.30. The molecule has 1 aromatic heterocycles. The fraction of sp³-hybridized carbons (Fsp3) is 0.409. The van der Waals surface area contributed by atoms with Crippen LogP contribution in [-0.4, -0.2) is 15.6 Å². The average Bonchev–Trinajstić information content (AvgIpc) is 3.52. The maximum absolute atomic E-state index is 11.3. The van der Waals surface area contributed by atoms with Gasteiger partial charge in [-0.2, -0.15) is 0 Å². The lowest BCUT2D eigenvalue weighted by atomic mass is 9.90. The lowest BCUT2D eigenvalue weighted by Crippen LogP contribution is -2.08. The van der Waals surface area contributed by atoms with Gasteiger partial charge in [-0.15, -0.1) is 0 Å². The quantitative estimate of drug-likeness (QED) is 0.676. The number of hydrogen-bond donors (Lipinski definition) is 1. The van der Waals surface area contributed by atoms with Crippen molar-refractivity contribution in [3.63, 3.8) is 0 Å². The summed E-state index contributed by atoms with van der Waals surface area (Å²) in [6.45, 7) is 1.10. The van der Waals surface area contributed by atoms with Crippen molar-refractivity contribution in [2.24, 2.45) is 11.8 Å². The monoisotopic (exact) mass is 333 g/mol. The molecule has 1 atom stereocenters. The Kier molecular flexibility index (Phi) is 3.37. The summed E-state index contributed by atoms with van der Waals surface area (Å²) in [5.74, 6) is 0.846. The number of aromatic nitrogens is 1. The van der Waals surface area contributed by atoms with E-state index in [0.29, 0.717) is 5.92 Å². The van der Waals surface area contributed by atoms with E-state index in [1.165, 1.54) is 53.1 Å². The third-order valence-corrected chi connectivity index (χ3v) is 5.95. The molecule has 3 aromatic rings. The number of aliphatic carboxylic acids is 1. The molecule has 1 unspecified atom stereocenters. The zero-order chi connectivity index (χ0) is 17.0. The van der Waals surface area contributed by atoms with Crippen LogP contribution in [0.15, 0.2) is 42.5 Å². The lowest BCUT2D eigenvalue weighted by Gasteiger charge is -2.15. The first kappa shape index (κ1) is 15.0. The van der Waals surface area contributed by atoms with Crippen LogP contribution in [0, 0.1) is 11.8 Å². The molecule has 2 saturated carbocycles. The second-order valence-corrected chi connectivity index (χ2v) is 7.89. The number of fused-ring (bicyclic) bond motifs is 3.